The van der Waals surface area contributed by atoms with Gasteiger partial charge in [0.05, 0.1) is 10.2 Å². The van der Waals surface area contributed by atoms with Crippen molar-refractivity contribution < 1.29 is 9.18 Å². The average molecular weight is 408 g/mol. The zero-order valence-corrected chi connectivity index (χ0v) is 15.2. The van der Waals surface area contributed by atoms with Gasteiger partial charge in [-0.3, -0.25) is 18.7 Å². The molecule has 130 valence electrons. The summed E-state index contributed by atoms with van der Waals surface area (Å²) in [4.78, 5) is 37.3. The lowest BCUT2D eigenvalue weighted by atomic mass is 10.1. The first-order valence-electron chi connectivity index (χ1n) is 7.67. The molecule has 0 aliphatic carbocycles. The highest BCUT2D eigenvalue weighted by atomic mass is 79.9. The van der Waals surface area contributed by atoms with Crippen molar-refractivity contribution in [2.45, 2.75) is 19.9 Å². The minimum atomic E-state index is -0.631. The molecule has 0 radical (unpaired) electrons. The number of rotatable bonds is 3. The molecule has 1 aliphatic rings. The number of hydrogen-bond acceptors (Lipinski definition) is 4. The third-order valence-corrected chi connectivity index (χ3v) is 4.58. The summed E-state index contributed by atoms with van der Waals surface area (Å²) >= 11 is 3.09. The fourth-order valence-corrected chi connectivity index (χ4v) is 3.12. The number of fused-ring (bicyclic) bond motifs is 1. The molecule has 6 nitrogen and oxygen atoms in total. The number of hydrogen-bond donors (Lipinski definition) is 1. The highest BCUT2D eigenvalue weighted by Gasteiger charge is 2.32. The molecule has 0 atom stereocenters. The lowest BCUT2D eigenvalue weighted by Gasteiger charge is -2.11. The van der Waals surface area contributed by atoms with Gasteiger partial charge < -0.3 is 5.32 Å². The van der Waals surface area contributed by atoms with Gasteiger partial charge in [0.15, 0.2) is 0 Å². The maximum Gasteiger partial charge on any atom is 0.332 e. The van der Waals surface area contributed by atoms with Crippen molar-refractivity contribution in [2.75, 3.05) is 5.32 Å². The lowest BCUT2D eigenvalue weighted by Crippen LogP contribution is -2.40. The molecule has 1 aromatic heterocycles. The molecule has 25 heavy (non-hydrogen) atoms. The monoisotopic (exact) mass is 407 g/mol. The molecular formula is C17H15BrFN3O3. The van der Waals surface area contributed by atoms with E-state index in [1.165, 1.54) is 35.9 Å². The highest BCUT2D eigenvalue weighted by Crippen LogP contribution is 2.27. The van der Waals surface area contributed by atoms with Gasteiger partial charge in [-0.1, -0.05) is 13.0 Å². The Hall–Kier alpha value is -2.48. The first kappa shape index (κ1) is 17.3. The molecule has 0 fully saturated rings. The fourth-order valence-electron chi connectivity index (χ4n) is 2.72. The van der Waals surface area contributed by atoms with Crippen molar-refractivity contribution in [3.8, 4) is 0 Å². The van der Waals surface area contributed by atoms with Gasteiger partial charge >= 0.3 is 5.69 Å². The van der Waals surface area contributed by atoms with Crippen LogP contribution in [0.3, 0.4) is 0 Å². The topological polar surface area (TPSA) is 73.1 Å². The van der Waals surface area contributed by atoms with Crippen LogP contribution in [0.2, 0.25) is 0 Å². The van der Waals surface area contributed by atoms with E-state index in [0.29, 0.717) is 18.5 Å². The second kappa shape index (κ2) is 6.44. The van der Waals surface area contributed by atoms with E-state index in [4.69, 9.17) is 0 Å². The smallest absolute Gasteiger partial charge is 0.332 e. The second-order valence-electron chi connectivity index (χ2n) is 5.71. The van der Waals surface area contributed by atoms with Gasteiger partial charge in [0.25, 0.3) is 5.56 Å². The molecule has 0 amide bonds. The number of Topliss-reactive ketones (excluding diaryl/α,β-unsaturated/α-hetero) is 1. The number of nitrogens with zero attached hydrogens (tertiary/aromatic N) is 2. The highest BCUT2D eigenvalue weighted by molar-refractivity contribution is 9.10. The summed E-state index contributed by atoms with van der Waals surface area (Å²) in [5, 5.41) is 2.88. The molecule has 1 N–H and O–H groups in total. The van der Waals surface area contributed by atoms with Crippen molar-refractivity contribution in [3.63, 3.8) is 0 Å². The number of carbonyl (C=O) groups is 1. The maximum atomic E-state index is 13.4. The van der Waals surface area contributed by atoms with E-state index in [-0.39, 0.29) is 21.6 Å². The molecule has 0 bridgehead atoms. The summed E-state index contributed by atoms with van der Waals surface area (Å²) in [7, 11) is 1.35. The zero-order chi connectivity index (χ0) is 18.3. The SMILES string of the molecule is CCCn1c2c(c(=O)n(C)c1=O)C(=O)/C(=C/c1ccc(F)c(Br)c1)N2. The summed E-state index contributed by atoms with van der Waals surface area (Å²) in [6.07, 6.45) is 2.19. The first-order valence-corrected chi connectivity index (χ1v) is 8.46. The molecule has 2 heterocycles. The number of benzene rings is 1. The number of carbonyl (C=O) groups excluding carboxylic acids is 1. The minimum absolute atomic E-state index is 0.0528. The van der Waals surface area contributed by atoms with Crippen molar-refractivity contribution >= 4 is 33.6 Å². The van der Waals surface area contributed by atoms with E-state index in [1.54, 1.807) is 0 Å². The summed E-state index contributed by atoms with van der Waals surface area (Å²) in [6.45, 7) is 2.28. The van der Waals surface area contributed by atoms with Crippen molar-refractivity contribution in [3.05, 3.63) is 66.2 Å². The normalized spacial score (nSPS) is 14.7. The molecule has 3 rings (SSSR count). The van der Waals surface area contributed by atoms with Gasteiger partial charge in [-0.25, -0.2) is 9.18 Å². The van der Waals surface area contributed by atoms with Crippen LogP contribution in [0.15, 0.2) is 38.0 Å². The molecule has 0 saturated heterocycles. The predicted molar refractivity (Wildman–Crippen MR) is 96.3 cm³/mol. The Morgan fingerprint density at radius 1 is 1.28 bits per heavy atom. The number of ketones is 1. The fraction of sp³-hybridized carbons (Fsp3) is 0.235. The van der Waals surface area contributed by atoms with Crippen LogP contribution in [0.4, 0.5) is 10.2 Å². The molecule has 0 unspecified atom stereocenters. The largest absolute Gasteiger partial charge is 0.338 e. The summed E-state index contributed by atoms with van der Waals surface area (Å²) < 4.78 is 15.9. The van der Waals surface area contributed by atoms with Crippen LogP contribution < -0.4 is 16.6 Å². The van der Waals surface area contributed by atoms with Crippen LogP contribution in [0, 0.1) is 5.82 Å². The van der Waals surface area contributed by atoms with Gasteiger partial charge in [-0.15, -0.1) is 0 Å². The van der Waals surface area contributed by atoms with Crippen LogP contribution in [0.1, 0.15) is 29.3 Å². The predicted octanol–water partition coefficient (Wildman–Crippen LogP) is 2.51. The number of halogens is 2. The summed E-state index contributed by atoms with van der Waals surface area (Å²) in [5.74, 6) is -0.685. The van der Waals surface area contributed by atoms with Crippen LogP contribution in [-0.4, -0.2) is 14.9 Å². The Kier molecular flexibility index (Phi) is 4.47. The van der Waals surface area contributed by atoms with Crippen LogP contribution in [-0.2, 0) is 13.6 Å². The molecule has 8 heteroatoms. The van der Waals surface area contributed by atoms with Crippen molar-refractivity contribution in [1.29, 1.82) is 0 Å². The Bertz CT molecular complexity index is 1040. The van der Waals surface area contributed by atoms with E-state index in [0.717, 1.165) is 4.57 Å². The van der Waals surface area contributed by atoms with E-state index < -0.39 is 22.8 Å². The standard InChI is InChI=1S/C17H15BrFN3O3/c1-3-6-22-15-13(16(24)21(2)17(22)25)14(23)12(20-15)8-9-4-5-11(19)10(18)7-9/h4-5,7-8,20H,3,6H2,1-2H3/b12-8-. The van der Waals surface area contributed by atoms with Crippen molar-refractivity contribution in [1.82, 2.24) is 9.13 Å². The Labute approximate surface area is 150 Å². The van der Waals surface area contributed by atoms with E-state index in [1.807, 2.05) is 6.92 Å². The maximum absolute atomic E-state index is 13.4. The summed E-state index contributed by atoms with van der Waals surface area (Å²) in [5.41, 5.74) is -0.410. The molecule has 0 saturated carbocycles. The van der Waals surface area contributed by atoms with Crippen LogP contribution in [0.25, 0.3) is 6.08 Å². The zero-order valence-electron chi connectivity index (χ0n) is 13.6. The molecule has 2 aromatic rings. The van der Waals surface area contributed by atoms with Gasteiger partial charge in [-0.05, 0) is 46.1 Å². The quantitative estimate of drug-likeness (QED) is 0.793. The number of nitrogens with one attached hydrogen (secondary N) is 1. The van der Waals surface area contributed by atoms with Gasteiger partial charge in [0.1, 0.15) is 17.2 Å². The number of allylic oxidation sites excluding steroid dienone is 1. The van der Waals surface area contributed by atoms with E-state index in [2.05, 4.69) is 21.2 Å². The third-order valence-electron chi connectivity index (χ3n) is 3.97. The molecule has 0 spiro atoms. The van der Waals surface area contributed by atoms with Crippen LogP contribution in [0.5, 0.6) is 0 Å². The van der Waals surface area contributed by atoms with Crippen LogP contribution >= 0.6 is 15.9 Å². The van der Waals surface area contributed by atoms with E-state index >= 15 is 0 Å². The average Bonchev–Trinajstić information content (AvgIpc) is 2.89. The van der Waals surface area contributed by atoms with Gasteiger partial charge in [-0.2, -0.15) is 0 Å². The third kappa shape index (κ3) is 2.86. The van der Waals surface area contributed by atoms with Gasteiger partial charge in [0.2, 0.25) is 5.78 Å². The number of anilines is 1. The first-order chi connectivity index (χ1) is 11.8. The second-order valence-corrected chi connectivity index (χ2v) is 6.56. The summed E-state index contributed by atoms with van der Waals surface area (Å²) in [6, 6.07) is 4.31. The Morgan fingerprint density at radius 2 is 2.00 bits per heavy atom. The lowest BCUT2D eigenvalue weighted by molar-refractivity contribution is 0.104. The molecular weight excluding hydrogens is 393 g/mol. The van der Waals surface area contributed by atoms with Gasteiger partial charge in [0, 0.05) is 13.6 Å². The minimum Gasteiger partial charge on any atom is -0.338 e. The van der Waals surface area contributed by atoms with Crippen molar-refractivity contribution in [2.24, 2.45) is 7.05 Å². The Morgan fingerprint density at radius 3 is 2.64 bits per heavy atom. The van der Waals surface area contributed by atoms with E-state index in [9.17, 15) is 18.8 Å². The Balaban J connectivity index is 2.15. The molecule has 1 aliphatic heterocycles. The molecule has 1 aromatic carbocycles. The number of aromatic nitrogens is 2.